The smallest absolute Gasteiger partial charge is 0.0726 e. The van der Waals surface area contributed by atoms with Crippen molar-refractivity contribution >= 4 is 38.9 Å². The summed E-state index contributed by atoms with van der Waals surface area (Å²) in [7, 11) is 0. The lowest BCUT2D eigenvalue weighted by Gasteiger charge is -2.32. The molecule has 10 aromatic carbocycles. The minimum absolute atomic E-state index is 0.526. The molecule has 0 amide bonds. The monoisotopic (exact) mass is 800 g/mol. The van der Waals surface area contributed by atoms with Crippen molar-refractivity contribution in [3.05, 3.63) is 265 Å². The zero-order chi connectivity index (χ0) is 41.5. The van der Waals surface area contributed by atoms with E-state index in [1.807, 2.05) is 0 Å². The summed E-state index contributed by atoms with van der Waals surface area (Å²) in [6.45, 7) is 0. The number of anilines is 3. The maximum atomic E-state index is 2.49. The Kier molecular flexibility index (Phi) is 7.85. The number of hydrogen-bond acceptors (Lipinski definition) is 1. The van der Waals surface area contributed by atoms with Gasteiger partial charge in [-0.05, 0) is 127 Å². The molecular weight excluding hydrogens is 761 g/mol. The van der Waals surface area contributed by atoms with Gasteiger partial charge in [0.05, 0.1) is 16.4 Å². The lowest BCUT2D eigenvalue weighted by atomic mass is 9.70. The molecule has 2 aliphatic rings. The van der Waals surface area contributed by atoms with E-state index in [2.05, 4.69) is 252 Å². The van der Waals surface area contributed by atoms with Crippen LogP contribution in [0.1, 0.15) is 22.3 Å². The highest BCUT2D eigenvalue weighted by Gasteiger charge is 2.52. The van der Waals surface area contributed by atoms with Gasteiger partial charge in [-0.1, -0.05) is 182 Å². The molecule has 1 heterocycles. The van der Waals surface area contributed by atoms with Crippen molar-refractivity contribution in [3.8, 4) is 50.2 Å². The molecule has 2 aliphatic carbocycles. The van der Waals surface area contributed by atoms with Crippen LogP contribution in [0, 0.1) is 0 Å². The predicted octanol–water partition coefficient (Wildman–Crippen LogP) is 15.9. The molecule has 0 saturated carbocycles. The first kappa shape index (κ1) is 35.5. The van der Waals surface area contributed by atoms with Crippen molar-refractivity contribution in [1.82, 2.24) is 4.57 Å². The van der Waals surface area contributed by atoms with Crippen LogP contribution in [-0.2, 0) is 5.41 Å². The second kappa shape index (κ2) is 13.9. The molecule has 0 saturated heterocycles. The number of hydrogen-bond donors (Lipinski definition) is 0. The molecule has 1 spiro atoms. The van der Waals surface area contributed by atoms with Gasteiger partial charge in [0.2, 0.25) is 0 Å². The van der Waals surface area contributed by atoms with Crippen LogP contribution in [0.3, 0.4) is 0 Å². The minimum atomic E-state index is -0.526. The molecule has 13 rings (SSSR count). The van der Waals surface area contributed by atoms with Gasteiger partial charge in [-0.15, -0.1) is 0 Å². The molecule has 0 N–H and O–H groups in total. The predicted molar refractivity (Wildman–Crippen MR) is 263 cm³/mol. The van der Waals surface area contributed by atoms with Gasteiger partial charge in [-0.3, -0.25) is 0 Å². The Morgan fingerprint density at radius 3 is 1.52 bits per heavy atom. The third-order valence-corrected chi connectivity index (χ3v) is 13.6. The van der Waals surface area contributed by atoms with Crippen LogP contribution in [0.5, 0.6) is 0 Å². The number of nitrogens with zero attached hydrogens (tertiary/aromatic N) is 2. The fourth-order valence-corrected chi connectivity index (χ4v) is 11.0. The van der Waals surface area contributed by atoms with Gasteiger partial charge < -0.3 is 9.47 Å². The first-order valence-electron chi connectivity index (χ1n) is 21.8. The molecular formula is C61H40N2. The van der Waals surface area contributed by atoms with E-state index in [0.29, 0.717) is 0 Å². The largest absolute Gasteiger partial charge is 0.310 e. The Morgan fingerprint density at radius 2 is 0.825 bits per heavy atom. The van der Waals surface area contributed by atoms with E-state index >= 15 is 0 Å². The van der Waals surface area contributed by atoms with Crippen molar-refractivity contribution in [1.29, 1.82) is 0 Å². The molecule has 0 radical (unpaired) electrons. The first-order chi connectivity index (χ1) is 31.3. The van der Waals surface area contributed by atoms with Crippen molar-refractivity contribution in [3.63, 3.8) is 0 Å². The summed E-state index contributed by atoms with van der Waals surface area (Å²) in [6, 6.07) is 89.4. The minimum Gasteiger partial charge on any atom is -0.310 e. The maximum absolute atomic E-state index is 2.49. The van der Waals surface area contributed by atoms with E-state index in [1.54, 1.807) is 0 Å². The average Bonchev–Trinajstić information content (AvgIpc) is 3.97. The van der Waals surface area contributed by atoms with E-state index in [1.165, 1.54) is 88.6 Å². The molecule has 0 aliphatic heterocycles. The molecule has 1 aromatic heterocycles. The summed E-state index contributed by atoms with van der Waals surface area (Å²) in [5, 5.41) is 2.56. The summed E-state index contributed by atoms with van der Waals surface area (Å²) < 4.78 is 2.46. The van der Waals surface area contributed by atoms with Crippen LogP contribution >= 0.6 is 0 Å². The topological polar surface area (TPSA) is 8.17 Å². The molecule has 63 heavy (non-hydrogen) atoms. The number of rotatable bonds is 6. The van der Waals surface area contributed by atoms with Gasteiger partial charge in [0.15, 0.2) is 0 Å². The van der Waals surface area contributed by atoms with E-state index in [4.69, 9.17) is 0 Å². The fraction of sp³-hybridized carbons (Fsp3) is 0.0164. The third-order valence-electron chi connectivity index (χ3n) is 13.6. The Labute approximate surface area is 367 Å². The number of fused-ring (bicyclic) bond motifs is 14. The second-order valence-corrected chi connectivity index (χ2v) is 16.8. The number of para-hydroxylation sites is 2. The number of aromatic nitrogens is 1. The molecule has 1 unspecified atom stereocenters. The van der Waals surface area contributed by atoms with Crippen LogP contribution in [0.15, 0.2) is 243 Å². The summed E-state index contributed by atoms with van der Waals surface area (Å²) in [5.41, 5.74) is 21.8. The van der Waals surface area contributed by atoms with Crippen LogP contribution in [0.4, 0.5) is 17.1 Å². The van der Waals surface area contributed by atoms with Crippen LogP contribution in [0.25, 0.3) is 72.0 Å². The Morgan fingerprint density at radius 1 is 0.317 bits per heavy atom. The van der Waals surface area contributed by atoms with E-state index in [0.717, 1.165) is 22.7 Å². The van der Waals surface area contributed by atoms with Gasteiger partial charge in [-0.25, -0.2) is 0 Å². The molecule has 2 nitrogen and oxygen atoms in total. The second-order valence-electron chi connectivity index (χ2n) is 16.8. The maximum Gasteiger partial charge on any atom is 0.0726 e. The fourth-order valence-electron chi connectivity index (χ4n) is 11.0. The molecule has 2 heteroatoms. The van der Waals surface area contributed by atoms with Crippen LogP contribution in [0.2, 0.25) is 0 Å². The van der Waals surface area contributed by atoms with Gasteiger partial charge in [-0.2, -0.15) is 0 Å². The quantitative estimate of drug-likeness (QED) is 0.163. The van der Waals surface area contributed by atoms with Crippen molar-refractivity contribution in [2.45, 2.75) is 5.41 Å². The lowest BCUT2D eigenvalue weighted by molar-refractivity contribution is 0.794. The van der Waals surface area contributed by atoms with Crippen molar-refractivity contribution in [2.24, 2.45) is 0 Å². The molecule has 11 aromatic rings. The molecule has 294 valence electrons. The molecule has 0 fully saturated rings. The Hall–Kier alpha value is -8.20. The number of benzene rings is 10. The van der Waals surface area contributed by atoms with E-state index in [9.17, 15) is 0 Å². The average molecular weight is 801 g/mol. The Bertz CT molecular complexity index is 3530. The van der Waals surface area contributed by atoms with Gasteiger partial charge in [0.1, 0.15) is 0 Å². The summed E-state index contributed by atoms with van der Waals surface area (Å²) in [6.07, 6.45) is 0. The standard InChI is InChI=1S/C61H40N2/c1-4-16-41(17-5-1)43-28-32-46(33-29-43)62(45-20-8-3-9-21-45)48-36-37-50-49-22-10-13-25-53(49)61(56(50)40-48)54-26-14-11-23-51(54)59-55(61)38-39-58-60(59)52-24-12-15-27-57(52)63(58)47-34-30-44(31-35-47)42-18-6-2-7-19-42/h1-40H. The first-order valence-corrected chi connectivity index (χ1v) is 21.8. The van der Waals surface area contributed by atoms with Crippen LogP contribution < -0.4 is 4.90 Å². The van der Waals surface area contributed by atoms with Crippen LogP contribution in [-0.4, -0.2) is 4.57 Å². The summed E-state index contributed by atoms with van der Waals surface area (Å²) in [5.74, 6) is 0. The van der Waals surface area contributed by atoms with Crippen molar-refractivity contribution < 1.29 is 0 Å². The molecule has 0 bridgehead atoms. The molecule has 1 atom stereocenters. The lowest BCUT2D eigenvalue weighted by Crippen LogP contribution is -2.26. The highest BCUT2D eigenvalue weighted by Crippen LogP contribution is 2.65. The van der Waals surface area contributed by atoms with Gasteiger partial charge in [0.25, 0.3) is 0 Å². The normalized spacial score (nSPS) is 14.4. The SMILES string of the molecule is c1ccc(-c2ccc(N(c3ccccc3)c3ccc4c(c3)C3(c5ccccc5-4)c4ccccc4-c4c3ccc3c4c4ccccc4n3-c3ccc(-c4ccccc4)cc3)cc2)cc1. The highest BCUT2D eigenvalue weighted by molar-refractivity contribution is 6.19. The zero-order valence-electron chi connectivity index (χ0n) is 34.5. The zero-order valence-corrected chi connectivity index (χ0v) is 34.5. The third kappa shape index (κ3) is 5.19. The highest BCUT2D eigenvalue weighted by atomic mass is 15.1. The van der Waals surface area contributed by atoms with Gasteiger partial charge >= 0.3 is 0 Å². The van der Waals surface area contributed by atoms with E-state index in [-0.39, 0.29) is 0 Å². The summed E-state index contributed by atoms with van der Waals surface area (Å²) >= 11 is 0. The summed E-state index contributed by atoms with van der Waals surface area (Å²) in [4.78, 5) is 2.41. The van der Waals surface area contributed by atoms with E-state index < -0.39 is 5.41 Å². The van der Waals surface area contributed by atoms with Gasteiger partial charge in [0, 0.05) is 33.5 Å². The Balaban J connectivity index is 1.04. The van der Waals surface area contributed by atoms with Crippen molar-refractivity contribution in [2.75, 3.05) is 4.90 Å².